The molecule has 0 bridgehead atoms. The highest BCUT2D eigenvalue weighted by atomic mass is 35.5. The molecule has 0 aliphatic heterocycles. The molecule has 7 heteroatoms. The van der Waals surface area contributed by atoms with Crippen LogP contribution in [0.4, 0.5) is 5.69 Å². The Morgan fingerprint density at radius 1 is 1.04 bits per heavy atom. The number of halogens is 2. The summed E-state index contributed by atoms with van der Waals surface area (Å²) in [5.74, 6) is -0.386. The van der Waals surface area contributed by atoms with Crippen molar-refractivity contribution < 1.29 is 14.3 Å². The molecule has 2 aromatic rings. The van der Waals surface area contributed by atoms with E-state index in [0.29, 0.717) is 21.5 Å². The number of nitrogens with one attached hydrogen (secondary N) is 2. The van der Waals surface area contributed by atoms with Gasteiger partial charge in [0.1, 0.15) is 5.75 Å². The molecular formula is C18H18Cl2N2O3. The Balaban J connectivity index is 1.98. The molecule has 0 saturated heterocycles. The van der Waals surface area contributed by atoms with E-state index in [-0.39, 0.29) is 24.1 Å². The first kappa shape index (κ1) is 19.1. The summed E-state index contributed by atoms with van der Waals surface area (Å²) in [5.41, 5.74) is 0.871. The highest BCUT2D eigenvalue weighted by Gasteiger charge is 2.15. The maximum absolute atomic E-state index is 12.4. The second-order valence-electron chi connectivity index (χ2n) is 5.54. The SMILES string of the molecule is CC(C)Oc1ccc(Cl)cc1C(=O)NCC(=O)Nc1ccc(Cl)cc1. The zero-order chi connectivity index (χ0) is 18.4. The van der Waals surface area contributed by atoms with Crippen LogP contribution in [0.5, 0.6) is 5.75 Å². The predicted molar refractivity (Wildman–Crippen MR) is 99.6 cm³/mol. The molecule has 2 amide bonds. The number of carbonyl (C=O) groups is 2. The Morgan fingerprint density at radius 3 is 2.32 bits per heavy atom. The van der Waals surface area contributed by atoms with E-state index in [1.54, 1.807) is 36.4 Å². The van der Waals surface area contributed by atoms with Gasteiger partial charge in [-0.15, -0.1) is 0 Å². The zero-order valence-electron chi connectivity index (χ0n) is 13.8. The first-order chi connectivity index (χ1) is 11.8. The summed E-state index contributed by atoms with van der Waals surface area (Å²) in [4.78, 5) is 24.3. The average molecular weight is 381 g/mol. The second-order valence-corrected chi connectivity index (χ2v) is 6.42. The third-order valence-electron chi connectivity index (χ3n) is 3.09. The van der Waals surface area contributed by atoms with Gasteiger partial charge in [-0.2, -0.15) is 0 Å². The summed E-state index contributed by atoms with van der Waals surface area (Å²) < 4.78 is 5.60. The molecule has 0 atom stereocenters. The molecule has 0 fully saturated rings. The van der Waals surface area contributed by atoms with E-state index in [9.17, 15) is 9.59 Å². The Labute approximate surface area is 156 Å². The van der Waals surface area contributed by atoms with Crippen LogP contribution in [0.1, 0.15) is 24.2 Å². The Bertz CT molecular complexity index is 761. The highest BCUT2D eigenvalue weighted by molar-refractivity contribution is 6.31. The molecule has 2 aromatic carbocycles. The number of carbonyl (C=O) groups excluding carboxylic acids is 2. The lowest BCUT2D eigenvalue weighted by Gasteiger charge is -2.14. The predicted octanol–water partition coefficient (Wildman–Crippen LogP) is 4.15. The quantitative estimate of drug-likeness (QED) is 0.790. The number of anilines is 1. The Hall–Kier alpha value is -2.24. The summed E-state index contributed by atoms with van der Waals surface area (Å²) in [5, 5.41) is 6.20. The average Bonchev–Trinajstić information content (AvgIpc) is 2.56. The number of hydrogen-bond acceptors (Lipinski definition) is 3. The molecule has 0 aromatic heterocycles. The lowest BCUT2D eigenvalue weighted by Crippen LogP contribution is -2.33. The number of hydrogen-bond donors (Lipinski definition) is 2. The normalized spacial score (nSPS) is 10.4. The van der Waals surface area contributed by atoms with Gasteiger partial charge in [-0.3, -0.25) is 9.59 Å². The van der Waals surface area contributed by atoms with Gasteiger partial charge in [0.25, 0.3) is 5.91 Å². The van der Waals surface area contributed by atoms with Crippen molar-refractivity contribution in [2.45, 2.75) is 20.0 Å². The van der Waals surface area contributed by atoms with Crippen molar-refractivity contribution in [2.75, 3.05) is 11.9 Å². The molecule has 0 aliphatic carbocycles. The van der Waals surface area contributed by atoms with Gasteiger partial charge in [0.05, 0.1) is 18.2 Å². The summed E-state index contributed by atoms with van der Waals surface area (Å²) in [6, 6.07) is 11.5. The largest absolute Gasteiger partial charge is 0.490 e. The van der Waals surface area contributed by atoms with E-state index in [1.165, 1.54) is 6.07 Å². The van der Waals surface area contributed by atoms with Crippen LogP contribution in [0.2, 0.25) is 10.0 Å². The van der Waals surface area contributed by atoms with Crippen LogP contribution in [0, 0.1) is 0 Å². The summed E-state index contributed by atoms with van der Waals surface area (Å²) in [6.07, 6.45) is -0.0964. The maximum Gasteiger partial charge on any atom is 0.255 e. The molecule has 0 radical (unpaired) electrons. The first-order valence-electron chi connectivity index (χ1n) is 7.65. The summed E-state index contributed by atoms with van der Waals surface area (Å²) in [7, 11) is 0. The fraction of sp³-hybridized carbons (Fsp3) is 0.222. The van der Waals surface area contributed by atoms with Gasteiger partial charge in [0.2, 0.25) is 5.91 Å². The van der Waals surface area contributed by atoms with Crippen molar-refractivity contribution in [1.82, 2.24) is 5.32 Å². The van der Waals surface area contributed by atoms with E-state index >= 15 is 0 Å². The zero-order valence-corrected chi connectivity index (χ0v) is 15.3. The molecule has 2 N–H and O–H groups in total. The van der Waals surface area contributed by atoms with Crippen molar-refractivity contribution in [1.29, 1.82) is 0 Å². The third kappa shape index (κ3) is 5.96. The fourth-order valence-electron chi connectivity index (χ4n) is 2.03. The first-order valence-corrected chi connectivity index (χ1v) is 8.40. The highest BCUT2D eigenvalue weighted by Crippen LogP contribution is 2.24. The number of amides is 2. The van der Waals surface area contributed by atoms with Gasteiger partial charge in [-0.1, -0.05) is 23.2 Å². The molecule has 0 spiro atoms. The fourth-order valence-corrected chi connectivity index (χ4v) is 2.33. The molecule has 25 heavy (non-hydrogen) atoms. The molecule has 132 valence electrons. The Morgan fingerprint density at radius 2 is 1.68 bits per heavy atom. The lowest BCUT2D eigenvalue weighted by molar-refractivity contribution is -0.115. The Kier molecular flexibility index (Phi) is 6.67. The van der Waals surface area contributed by atoms with Crippen LogP contribution in [0.25, 0.3) is 0 Å². The molecule has 0 aliphatic rings. The van der Waals surface area contributed by atoms with Crippen LogP contribution in [0.3, 0.4) is 0 Å². The molecule has 0 heterocycles. The van der Waals surface area contributed by atoms with Crippen LogP contribution in [-0.2, 0) is 4.79 Å². The van der Waals surface area contributed by atoms with Gasteiger partial charge in [0, 0.05) is 15.7 Å². The van der Waals surface area contributed by atoms with Gasteiger partial charge in [0.15, 0.2) is 0 Å². The minimum absolute atomic E-state index is 0.0964. The van der Waals surface area contributed by atoms with Gasteiger partial charge in [-0.05, 0) is 56.3 Å². The monoisotopic (exact) mass is 380 g/mol. The van der Waals surface area contributed by atoms with Gasteiger partial charge in [-0.25, -0.2) is 0 Å². The van der Waals surface area contributed by atoms with Crippen LogP contribution in [0.15, 0.2) is 42.5 Å². The van der Waals surface area contributed by atoms with Gasteiger partial charge >= 0.3 is 0 Å². The molecule has 2 rings (SSSR count). The lowest BCUT2D eigenvalue weighted by atomic mass is 10.2. The van der Waals surface area contributed by atoms with Crippen molar-refractivity contribution in [3.05, 3.63) is 58.1 Å². The summed E-state index contributed by atoms with van der Waals surface area (Å²) in [6.45, 7) is 3.53. The van der Waals surface area contributed by atoms with Crippen LogP contribution < -0.4 is 15.4 Å². The van der Waals surface area contributed by atoms with Crippen molar-refractivity contribution in [3.8, 4) is 5.75 Å². The number of benzene rings is 2. The van der Waals surface area contributed by atoms with E-state index in [1.807, 2.05) is 13.8 Å². The van der Waals surface area contributed by atoms with E-state index < -0.39 is 5.91 Å². The topological polar surface area (TPSA) is 67.4 Å². The van der Waals surface area contributed by atoms with Crippen molar-refractivity contribution in [3.63, 3.8) is 0 Å². The van der Waals surface area contributed by atoms with Gasteiger partial charge < -0.3 is 15.4 Å². The summed E-state index contributed by atoms with van der Waals surface area (Å²) >= 11 is 11.7. The van der Waals surface area contributed by atoms with Crippen LogP contribution >= 0.6 is 23.2 Å². The number of ether oxygens (including phenoxy) is 1. The standard InChI is InChI=1S/C18H18Cl2N2O3/c1-11(2)25-16-8-5-13(20)9-15(16)18(24)21-10-17(23)22-14-6-3-12(19)4-7-14/h3-9,11H,10H2,1-2H3,(H,21,24)(H,22,23). The smallest absolute Gasteiger partial charge is 0.255 e. The maximum atomic E-state index is 12.4. The minimum Gasteiger partial charge on any atom is -0.490 e. The van der Waals surface area contributed by atoms with E-state index in [2.05, 4.69) is 10.6 Å². The second kappa shape index (κ2) is 8.74. The van der Waals surface area contributed by atoms with Crippen LogP contribution in [-0.4, -0.2) is 24.5 Å². The van der Waals surface area contributed by atoms with Crippen molar-refractivity contribution in [2.24, 2.45) is 0 Å². The molecule has 5 nitrogen and oxygen atoms in total. The minimum atomic E-state index is -0.440. The number of rotatable bonds is 6. The van der Waals surface area contributed by atoms with E-state index in [0.717, 1.165) is 0 Å². The molecule has 0 saturated carbocycles. The third-order valence-corrected chi connectivity index (χ3v) is 3.57. The van der Waals surface area contributed by atoms with Crippen molar-refractivity contribution >= 4 is 40.7 Å². The van der Waals surface area contributed by atoms with E-state index in [4.69, 9.17) is 27.9 Å². The molecule has 0 unspecified atom stereocenters. The molecular weight excluding hydrogens is 363 g/mol.